The van der Waals surface area contributed by atoms with Crippen molar-refractivity contribution >= 4 is 40.7 Å². The number of carboxylic acids is 1. The first-order chi connectivity index (χ1) is 10.8. The van der Waals surface area contributed by atoms with Crippen LogP contribution in [-0.4, -0.2) is 54.3 Å². The van der Waals surface area contributed by atoms with E-state index in [0.717, 1.165) is 16.1 Å². The molecule has 0 aliphatic carbocycles. The van der Waals surface area contributed by atoms with Gasteiger partial charge in [-0.15, -0.1) is 23.1 Å². The van der Waals surface area contributed by atoms with Crippen LogP contribution in [0.25, 0.3) is 0 Å². The van der Waals surface area contributed by atoms with Gasteiger partial charge < -0.3 is 20.5 Å². The third kappa shape index (κ3) is 5.49. The van der Waals surface area contributed by atoms with Gasteiger partial charge in [0.2, 0.25) is 5.91 Å². The van der Waals surface area contributed by atoms with Crippen LogP contribution in [0.3, 0.4) is 0 Å². The van der Waals surface area contributed by atoms with Crippen molar-refractivity contribution in [1.29, 1.82) is 0 Å². The summed E-state index contributed by atoms with van der Waals surface area (Å²) in [4.78, 5) is 26.2. The van der Waals surface area contributed by atoms with Gasteiger partial charge in [-0.25, -0.2) is 0 Å². The topological polar surface area (TPSA) is 92.9 Å². The molecule has 0 bridgehead atoms. The summed E-state index contributed by atoms with van der Waals surface area (Å²) in [6.07, 6.45) is 0. The number of ether oxygens (including phenoxy) is 1. The second-order valence-corrected chi connectivity index (χ2v) is 7.47. The first-order valence-electron chi connectivity index (χ1n) is 7.21. The van der Waals surface area contributed by atoms with Crippen LogP contribution in [0.15, 0.2) is 5.38 Å². The fourth-order valence-corrected chi connectivity index (χ4v) is 3.91. The summed E-state index contributed by atoms with van der Waals surface area (Å²) in [5, 5.41) is 10.8. The maximum atomic E-state index is 12.7. The monoisotopic (exact) mass is 360 g/mol. The number of carbonyl (C=O) groups excluding carboxylic acids is 1. The second-order valence-electron chi connectivity index (χ2n) is 5.35. The molecule has 1 rings (SSSR count). The fourth-order valence-electron chi connectivity index (χ4n) is 2.25. The molecule has 0 aromatic carbocycles. The van der Waals surface area contributed by atoms with Crippen LogP contribution in [0, 0.1) is 13.8 Å². The maximum Gasteiger partial charge on any atom is 0.321 e. The molecular formula is C15H24N2O4S2. The first-order valence-corrected chi connectivity index (χ1v) is 9.24. The van der Waals surface area contributed by atoms with Crippen LogP contribution in [0.2, 0.25) is 0 Å². The van der Waals surface area contributed by atoms with E-state index in [4.69, 9.17) is 15.6 Å². The lowest BCUT2D eigenvalue weighted by Gasteiger charge is -2.30. The van der Waals surface area contributed by atoms with E-state index in [2.05, 4.69) is 0 Å². The highest BCUT2D eigenvalue weighted by Gasteiger charge is 2.26. The van der Waals surface area contributed by atoms with E-state index in [-0.39, 0.29) is 23.5 Å². The lowest BCUT2D eigenvalue weighted by molar-refractivity contribution is -0.137. The molecule has 130 valence electrons. The van der Waals surface area contributed by atoms with Gasteiger partial charge >= 0.3 is 5.97 Å². The number of aryl methyl sites for hydroxylation is 2. The Hall–Kier alpha value is -1.09. The van der Waals surface area contributed by atoms with Gasteiger partial charge in [0, 0.05) is 17.7 Å². The molecule has 6 nitrogen and oxygen atoms in total. The van der Waals surface area contributed by atoms with Crippen molar-refractivity contribution in [3.05, 3.63) is 15.8 Å². The van der Waals surface area contributed by atoms with E-state index in [9.17, 15) is 9.59 Å². The molecule has 1 aromatic rings. The maximum absolute atomic E-state index is 12.7. The highest BCUT2D eigenvalue weighted by Crippen LogP contribution is 2.32. The van der Waals surface area contributed by atoms with Crippen molar-refractivity contribution < 1.29 is 19.4 Å². The van der Waals surface area contributed by atoms with Crippen molar-refractivity contribution in [3.63, 3.8) is 0 Å². The minimum Gasteiger partial charge on any atom is -0.480 e. The van der Waals surface area contributed by atoms with E-state index in [1.165, 1.54) is 11.8 Å². The molecule has 1 amide bonds. The summed E-state index contributed by atoms with van der Waals surface area (Å²) in [5.74, 6) is -0.736. The van der Waals surface area contributed by atoms with Gasteiger partial charge in [-0.2, -0.15) is 0 Å². The lowest BCUT2D eigenvalue weighted by atomic mass is 10.2. The third-order valence-corrected chi connectivity index (χ3v) is 5.38. The van der Waals surface area contributed by atoms with E-state index in [1.54, 1.807) is 23.3 Å². The van der Waals surface area contributed by atoms with Gasteiger partial charge in [0.25, 0.3) is 0 Å². The zero-order chi connectivity index (χ0) is 17.6. The van der Waals surface area contributed by atoms with Crippen molar-refractivity contribution in [3.8, 4) is 0 Å². The molecular weight excluding hydrogens is 336 g/mol. The van der Waals surface area contributed by atoms with E-state index in [1.807, 2.05) is 26.2 Å². The van der Waals surface area contributed by atoms with Crippen LogP contribution < -0.4 is 10.6 Å². The van der Waals surface area contributed by atoms with Crippen molar-refractivity contribution in [1.82, 2.24) is 0 Å². The Morgan fingerprint density at radius 3 is 2.61 bits per heavy atom. The highest BCUT2D eigenvalue weighted by atomic mass is 32.2. The van der Waals surface area contributed by atoms with Crippen LogP contribution in [0.4, 0.5) is 5.69 Å². The predicted molar refractivity (Wildman–Crippen MR) is 95.6 cm³/mol. The Bertz CT molecular complexity index is 528. The van der Waals surface area contributed by atoms with Gasteiger partial charge in [0.15, 0.2) is 0 Å². The van der Waals surface area contributed by atoms with E-state index < -0.39 is 12.0 Å². The summed E-state index contributed by atoms with van der Waals surface area (Å²) in [6, 6.07) is -1.06. The molecule has 0 aliphatic rings. The van der Waals surface area contributed by atoms with Gasteiger partial charge in [-0.1, -0.05) is 0 Å². The molecule has 1 aromatic heterocycles. The molecule has 0 fully saturated rings. The Labute approximate surface area is 145 Å². The number of anilines is 1. The second kappa shape index (κ2) is 9.27. The number of nitrogens with zero attached hydrogens (tertiary/aromatic N) is 1. The largest absolute Gasteiger partial charge is 0.480 e. The average molecular weight is 361 g/mol. The Balaban J connectivity index is 2.84. The average Bonchev–Trinajstić information content (AvgIpc) is 2.80. The molecule has 23 heavy (non-hydrogen) atoms. The Kier molecular flexibility index (Phi) is 8.04. The van der Waals surface area contributed by atoms with Gasteiger partial charge in [-0.05, 0) is 31.7 Å². The van der Waals surface area contributed by atoms with Crippen LogP contribution >= 0.6 is 23.1 Å². The Morgan fingerprint density at radius 1 is 1.48 bits per heavy atom. The highest BCUT2D eigenvalue weighted by molar-refractivity contribution is 8.00. The molecule has 0 spiro atoms. The SMILES string of the molecule is COCC(C)N(C(=O)CSC[C@H](N)C(=O)O)c1c(C)csc1C. The standard InChI is InChI=1S/C15H24N2O4S2/c1-9-6-23-11(3)14(9)17(10(2)5-21-4)13(18)8-22-7-12(16)15(19)20/h6,10,12H,5,7-8,16H2,1-4H3,(H,19,20)/t10?,12-/m0/s1. The van der Waals surface area contributed by atoms with E-state index in [0.29, 0.717) is 6.61 Å². The Morgan fingerprint density at radius 2 is 2.13 bits per heavy atom. The molecule has 0 saturated carbocycles. The number of thioether (sulfide) groups is 1. The predicted octanol–water partition coefficient (Wildman–Crippen LogP) is 1.88. The first kappa shape index (κ1) is 20.0. The number of thiophene rings is 1. The molecule has 8 heteroatoms. The molecule has 1 heterocycles. The van der Waals surface area contributed by atoms with Crippen molar-refractivity contribution in [2.45, 2.75) is 32.9 Å². The third-order valence-electron chi connectivity index (χ3n) is 3.32. The molecule has 0 saturated heterocycles. The summed E-state index contributed by atoms with van der Waals surface area (Å²) >= 11 is 2.84. The molecule has 1 unspecified atom stereocenters. The minimum absolute atomic E-state index is 0.0678. The van der Waals surface area contributed by atoms with Crippen LogP contribution in [0.1, 0.15) is 17.4 Å². The van der Waals surface area contributed by atoms with Crippen LogP contribution in [0.5, 0.6) is 0 Å². The molecule has 2 atom stereocenters. The number of amides is 1. The zero-order valence-electron chi connectivity index (χ0n) is 13.9. The summed E-state index contributed by atoms with van der Waals surface area (Å²) < 4.78 is 5.19. The number of carboxylic acid groups (broad SMARTS) is 1. The lowest BCUT2D eigenvalue weighted by Crippen LogP contribution is -2.43. The summed E-state index contributed by atoms with van der Waals surface area (Å²) in [5.41, 5.74) is 7.44. The number of carbonyl (C=O) groups is 2. The summed E-state index contributed by atoms with van der Waals surface area (Å²) in [7, 11) is 1.60. The quantitative estimate of drug-likeness (QED) is 0.698. The number of rotatable bonds is 9. The molecule has 3 N–H and O–H groups in total. The number of nitrogens with two attached hydrogens (primary N) is 1. The zero-order valence-corrected chi connectivity index (χ0v) is 15.5. The summed E-state index contributed by atoms with van der Waals surface area (Å²) in [6.45, 7) is 6.33. The number of aliphatic carboxylic acids is 1. The smallest absolute Gasteiger partial charge is 0.321 e. The number of methoxy groups -OCH3 is 1. The van der Waals surface area contributed by atoms with Gasteiger partial charge in [0.05, 0.1) is 24.1 Å². The fraction of sp³-hybridized carbons (Fsp3) is 0.600. The van der Waals surface area contributed by atoms with Gasteiger partial charge in [0.1, 0.15) is 6.04 Å². The number of hydrogen-bond donors (Lipinski definition) is 2. The van der Waals surface area contributed by atoms with E-state index >= 15 is 0 Å². The minimum atomic E-state index is -1.06. The number of hydrogen-bond acceptors (Lipinski definition) is 6. The van der Waals surface area contributed by atoms with Crippen molar-refractivity contribution in [2.24, 2.45) is 5.73 Å². The normalized spacial score (nSPS) is 13.6. The molecule has 0 radical (unpaired) electrons. The van der Waals surface area contributed by atoms with Gasteiger partial charge in [-0.3, -0.25) is 9.59 Å². The molecule has 0 aliphatic heterocycles. The van der Waals surface area contributed by atoms with Crippen LogP contribution in [-0.2, 0) is 14.3 Å². The van der Waals surface area contributed by atoms with Crippen molar-refractivity contribution in [2.75, 3.05) is 30.1 Å².